The number of rotatable bonds is 10. The fourth-order valence-corrected chi connectivity index (χ4v) is 3.61. The molecule has 0 saturated carbocycles. The monoisotopic (exact) mass is 360 g/mol. The summed E-state index contributed by atoms with van der Waals surface area (Å²) in [5, 5.41) is 0. The van der Waals surface area contributed by atoms with Crippen LogP contribution >= 0.6 is 0 Å². The molecule has 2 aromatic carbocycles. The average Bonchev–Trinajstić information content (AvgIpc) is 2.64. The standard InChI is InChI=1S/C27H36/c1-7-8-9-11-21(3)26-16-17-27(24(6)19-26)22(4)12-10-13-25-15-14-20(2)23(5)18-25/h14-19H,3-4,7-13H2,1-2,5-6H3. The van der Waals surface area contributed by atoms with E-state index in [4.69, 9.17) is 0 Å². The topological polar surface area (TPSA) is 0 Å². The van der Waals surface area contributed by atoms with Crippen LogP contribution in [0.4, 0.5) is 0 Å². The maximum Gasteiger partial charge on any atom is -0.0201 e. The van der Waals surface area contributed by atoms with Crippen LogP contribution in [0, 0.1) is 20.8 Å². The van der Waals surface area contributed by atoms with Gasteiger partial charge in [0.2, 0.25) is 0 Å². The molecular weight excluding hydrogens is 324 g/mol. The van der Waals surface area contributed by atoms with Gasteiger partial charge < -0.3 is 0 Å². The first kappa shape index (κ1) is 21.2. The van der Waals surface area contributed by atoms with Crippen LogP contribution in [0.5, 0.6) is 0 Å². The van der Waals surface area contributed by atoms with Crippen molar-refractivity contribution in [2.24, 2.45) is 0 Å². The Balaban J connectivity index is 1.92. The van der Waals surface area contributed by atoms with E-state index in [-0.39, 0.29) is 0 Å². The third kappa shape index (κ3) is 6.24. The molecule has 0 heterocycles. The molecule has 0 atom stereocenters. The summed E-state index contributed by atoms with van der Waals surface area (Å²) in [5.41, 5.74) is 10.6. The second-order valence-electron chi connectivity index (χ2n) is 7.97. The summed E-state index contributed by atoms with van der Waals surface area (Å²) in [7, 11) is 0. The molecule has 27 heavy (non-hydrogen) atoms. The van der Waals surface area contributed by atoms with Gasteiger partial charge in [-0.1, -0.05) is 69.3 Å². The van der Waals surface area contributed by atoms with Gasteiger partial charge in [0, 0.05) is 0 Å². The third-order valence-electron chi connectivity index (χ3n) is 5.61. The van der Waals surface area contributed by atoms with Crippen molar-refractivity contribution >= 4 is 11.1 Å². The molecule has 0 fully saturated rings. The zero-order valence-electron chi connectivity index (χ0n) is 17.8. The first-order chi connectivity index (χ1) is 12.9. The fourth-order valence-electron chi connectivity index (χ4n) is 3.61. The van der Waals surface area contributed by atoms with E-state index in [9.17, 15) is 0 Å². The molecule has 0 aliphatic rings. The lowest BCUT2D eigenvalue weighted by molar-refractivity contribution is 0.736. The van der Waals surface area contributed by atoms with E-state index >= 15 is 0 Å². The molecular formula is C27H36. The van der Waals surface area contributed by atoms with Crippen molar-refractivity contribution in [1.29, 1.82) is 0 Å². The Morgan fingerprint density at radius 2 is 1.48 bits per heavy atom. The second kappa shape index (κ2) is 10.3. The second-order valence-corrected chi connectivity index (χ2v) is 7.97. The van der Waals surface area contributed by atoms with Crippen LogP contribution in [0.25, 0.3) is 11.1 Å². The first-order valence-electron chi connectivity index (χ1n) is 10.5. The van der Waals surface area contributed by atoms with E-state index in [1.54, 1.807) is 0 Å². The molecule has 0 unspecified atom stereocenters. The van der Waals surface area contributed by atoms with E-state index in [1.807, 2.05) is 0 Å². The largest absolute Gasteiger partial charge is 0.0952 e. The van der Waals surface area contributed by atoms with Crippen LogP contribution < -0.4 is 0 Å². The summed E-state index contributed by atoms with van der Waals surface area (Å²) in [6.07, 6.45) is 8.19. The van der Waals surface area contributed by atoms with Gasteiger partial charge in [-0.25, -0.2) is 0 Å². The van der Waals surface area contributed by atoms with Gasteiger partial charge in [-0.05, 0) is 97.4 Å². The Labute approximate surface area is 167 Å². The third-order valence-corrected chi connectivity index (χ3v) is 5.61. The molecule has 0 N–H and O–H groups in total. The Hall–Kier alpha value is -2.08. The molecule has 0 aliphatic heterocycles. The maximum atomic E-state index is 4.36. The summed E-state index contributed by atoms with van der Waals surface area (Å²) in [6, 6.07) is 13.6. The number of unbranched alkanes of at least 4 members (excludes halogenated alkanes) is 2. The van der Waals surface area contributed by atoms with Crippen molar-refractivity contribution < 1.29 is 0 Å². The number of hydrogen-bond donors (Lipinski definition) is 0. The van der Waals surface area contributed by atoms with Crippen LogP contribution in [0.1, 0.15) is 78.8 Å². The molecule has 2 rings (SSSR count). The van der Waals surface area contributed by atoms with Crippen LogP contribution in [0.15, 0.2) is 49.6 Å². The predicted octanol–water partition coefficient (Wildman–Crippen LogP) is 8.24. The normalized spacial score (nSPS) is 10.8. The number of benzene rings is 2. The van der Waals surface area contributed by atoms with Gasteiger partial charge in [0.15, 0.2) is 0 Å². The highest BCUT2D eigenvalue weighted by Crippen LogP contribution is 2.27. The highest BCUT2D eigenvalue weighted by Gasteiger charge is 2.07. The van der Waals surface area contributed by atoms with Gasteiger partial charge in [0.05, 0.1) is 0 Å². The molecule has 0 nitrogen and oxygen atoms in total. The smallest absolute Gasteiger partial charge is 0.0201 e. The minimum atomic E-state index is 1.05. The van der Waals surface area contributed by atoms with Crippen LogP contribution in [0.2, 0.25) is 0 Å². The molecule has 0 bridgehead atoms. The number of aryl methyl sites for hydroxylation is 4. The minimum absolute atomic E-state index is 1.05. The number of allylic oxidation sites excluding steroid dienone is 2. The summed E-state index contributed by atoms with van der Waals surface area (Å²) in [6.45, 7) is 17.5. The van der Waals surface area contributed by atoms with E-state index in [2.05, 4.69) is 77.3 Å². The molecule has 0 aliphatic carbocycles. The van der Waals surface area contributed by atoms with Crippen LogP contribution in [-0.2, 0) is 6.42 Å². The maximum absolute atomic E-state index is 4.36. The first-order valence-corrected chi connectivity index (χ1v) is 10.5. The molecule has 0 spiro atoms. The predicted molar refractivity (Wildman–Crippen MR) is 122 cm³/mol. The zero-order chi connectivity index (χ0) is 19.8. The summed E-state index contributed by atoms with van der Waals surface area (Å²) in [5.74, 6) is 0. The van der Waals surface area contributed by atoms with Gasteiger partial charge in [0.1, 0.15) is 0 Å². The minimum Gasteiger partial charge on any atom is -0.0952 e. The van der Waals surface area contributed by atoms with Crippen molar-refractivity contribution in [2.45, 2.75) is 72.6 Å². The van der Waals surface area contributed by atoms with Gasteiger partial charge in [0.25, 0.3) is 0 Å². The molecule has 0 aromatic heterocycles. The van der Waals surface area contributed by atoms with Crippen molar-refractivity contribution in [3.05, 3.63) is 82.9 Å². The van der Waals surface area contributed by atoms with Crippen molar-refractivity contribution in [2.75, 3.05) is 0 Å². The quantitative estimate of drug-likeness (QED) is 0.374. The summed E-state index contributed by atoms with van der Waals surface area (Å²) >= 11 is 0. The highest BCUT2D eigenvalue weighted by molar-refractivity contribution is 5.71. The van der Waals surface area contributed by atoms with Crippen molar-refractivity contribution in [3.63, 3.8) is 0 Å². The van der Waals surface area contributed by atoms with Crippen LogP contribution in [0.3, 0.4) is 0 Å². The lowest BCUT2D eigenvalue weighted by atomic mass is 9.92. The zero-order valence-corrected chi connectivity index (χ0v) is 17.8. The molecule has 0 saturated heterocycles. The van der Waals surface area contributed by atoms with Gasteiger partial charge in [-0.2, -0.15) is 0 Å². The molecule has 0 heteroatoms. The highest BCUT2D eigenvalue weighted by atomic mass is 14.1. The van der Waals surface area contributed by atoms with E-state index in [1.165, 1.54) is 63.8 Å². The van der Waals surface area contributed by atoms with Crippen molar-refractivity contribution in [3.8, 4) is 0 Å². The van der Waals surface area contributed by atoms with Gasteiger partial charge in [-0.15, -0.1) is 0 Å². The number of hydrogen-bond acceptors (Lipinski definition) is 0. The van der Waals surface area contributed by atoms with E-state index < -0.39 is 0 Å². The summed E-state index contributed by atoms with van der Waals surface area (Å²) < 4.78 is 0. The lowest BCUT2D eigenvalue weighted by Gasteiger charge is -2.13. The van der Waals surface area contributed by atoms with E-state index in [0.29, 0.717) is 0 Å². The van der Waals surface area contributed by atoms with Crippen LogP contribution in [-0.4, -0.2) is 0 Å². The Kier molecular flexibility index (Phi) is 8.10. The molecule has 2 aromatic rings. The SMILES string of the molecule is C=C(CCCCC)c1ccc(C(=C)CCCc2ccc(C)c(C)c2)c(C)c1. The van der Waals surface area contributed by atoms with E-state index in [0.717, 1.165) is 25.7 Å². The van der Waals surface area contributed by atoms with Gasteiger partial charge >= 0.3 is 0 Å². The Morgan fingerprint density at radius 3 is 2.15 bits per heavy atom. The Bertz CT molecular complexity index is 792. The molecule has 144 valence electrons. The van der Waals surface area contributed by atoms with Gasteiger partial charge in [-0.3, -0.25) is 0 Å². The van der Waals surface area contributed by atoms with Crippen molar-refractivity contribution in [1.82, 2.24) is 0 Å². The molecule has 0 radical (unpaired) electrons. The average molecular weight is 361 g/mol. The summed E-state index contributed by atoms with van der Waals surface area (Å²) in [4.78, 5) is 0. The fraction of sp³-hybridized carbons (Fsp3) is 0.407. The lowest BCUT2D eigenvalue weighted by Crippen LogP contribution is -1.94. The Morgan fingerprint density at radius 1 is 0.741 bits per heavy atom. The molecule has 0 amide bonds.